The second-order valence-electron chi connectivity index (χ2n) is 6.04. The molecule has 0 unspecified atom stereocenters. The zero-order valence-corrected chi connectivity index (χ0v) is 12.2. The molecule has 1 aliphatic heterocycles. The van der Waals surface area contributed by atoms with Crippen LogP contribution in [0.15, 0.2) is 55.0 Å². The Hall–Kier alpha value is -1.91. The highest BCUT2D eigenvalue weighted by atomic mass is 16.8. The highest BCUT2D eigenvalue weighted by Gasteiger charge is 2.49. The SMILES string of the molecule is C=CC1=C[C@@H](n2ccc3cnccc32)[C@@H]2OC(C)(C)O[C@H]12. The van der Waals surface area contributed by atoms with E-state index >= 15 is 0 Å². The minimum Gasteiger partial charge on any atom is -0.342 e. The van der Waals surface area contributed by atoms with Gasteiger partial charge >= 0.3 is 0 Å². The van der Waals surface area contributed by atoms with E-state index in [0.29, 0.717) is 0 Å². The third-order valence-electron chi connectivity index (χ3n) is 4.24. The van der Waals surface area contributed by atoms with Crippen LogP contribution < -0.4 is 0 Å². The van der Waals surface area contributed by atoms with Crippen LogP contribution in [0.5, 0.6) is 0 Å². The molecule has 2 aromatic heterocycles. The summed E-state index contributed by atoms with van der Waals surface area (Å²) in [4.78, 5) is 4.17. The van der Waals surface area contributed by atoms with Crippen LogP contribution in [-0.2, 0) is 9.47 Å². The van der Waals surface area contributed by atoms with E-state index in [1.807, 2.05) is 38.4 Å². The van der Waals surface area contributed by atoms with Gasteiger partial charge in [-0.1, -0.05) is 18.7 Å². The van der Waals surface area contributed by atoms with E-state index in [2.05, 4.69) is 34.5 Å². The van der Waals surface area contributed by atoms with Crippen molar-refractivity contribution in [2.45, 2.75) is 37.9 Å². The molecule has 0 radical (unpaired) electrons. The molecule has 4 nitrogen and oxygen atoms in total. The summed E-state index contributed by atoms with van der Waals surface area (Å²) in [5.41, 5.74) is 2.26. The van der Waals surface area contributed by atoms with Crippen LogP contribution in [0.4, 0.5) is 0 Å². The highest BCUT2D eigenvalue weighted by molar-refractivity contribution is 5.79. The fourth-order valence-electron chi connectivity index (χ4n) is 3.37. The van der Waals surface area contributed by atoms with Crippen molar-refractivity contribution in [1.29, 1.82) is 0 Å². The van der Waals surface area contributed by atoms with Crippen molar-refractivity contribution in [2.75, 3.05) is 0 Å². The molecule has 3 atom stereocenters. The zero-order chi connectivity index (χ0) is 14.6. The van der Waals surface area contributed by atoms with Crippen LogP contribution in [0.2, 0.25) is 0 Å². The number of nitrogens with zero attached hydrogens (tertiary/aromatic N) is 2. The molecule has 4 heteroatoms. The third kappa shape index (κ3) is 1.87. The van der Waals surface area contributed by atoms with Gasteiger partial charge in [-0.2, -0.15) is 0 Å². The smallest absolute Gasteiger partial charge is 0.164 e. The molecule has 0 N–H and O–H groups in total. The maximum Gasteiger partial charge on any atom is 0.164 e. The Morgan fingerprint density at radius 1 is 1.33 bits per heavy atom. The summed E-state index contributed by atoms with van der Waals surface area (Å²) in [6.07, 6.45) is 9.79. The van der Waals surface area contributed by atoms with Crippen molar-refractivity contribution < 1.29 is 9.47 Å². The maximum atomic E-state index is 6.13. The average Bonchev–Trinajstić information content (AvgIpc) is 3.09. The topological polar surface area (TPSA) is 36.3 Å². The fourth-order valence-corrected chi connectivity index (χ4v) is 3.37. The second-order valence-corrected chi connectivity index (χ2v) is 6.04. The molecule has 108 valence electrons. The van der Waals surface area contributed by atoms with Gasteiger partial charge in [0.15, 0.2) is 5.79 Å². The molecular formula is C17H18N2O2. The van der Waals surface area contributed by atoms with Crippen molar-refractivity contribution in [3.05, 3.63) is 55.0 Å². The van der Waals surface area contributed by atoms with Crippen LogP contribution in [0.1, 0.15) is 19.9 Å². The van der Waals surface area contributed by atoms with Crippen LogP contribution in [0.25, 0.3) is 10.9 Å². The summed E-state index contributed by atoms with van der Waals surface area (Å²) >= 11 is 0. The molecule has 0 amide bonds. The molecular weight excluding hydrogens is 264 g/mol. The summed E-state index contributed by atoms with van der Waals surface area (Å²) < 4.78 is 14.4. The molecule has 2 aliphatic rings. The van der Waals surface area contributed by atoms with Crippen LogP contribution in [-0.4, -0.2) is 27.5 Å². The van der Waals surface area contributed by atoms with Gasteiger partial charge < -0.3 is 14.0 Å². The fraction of sp³-hybridized carbons (Fsp3) is 0.353. The average molecular weight is 282 g/mol. The normalized spacial score (nSPS) is 30.4. The Morgan fingerprint density at radius 3 is 3.00 bits per heavy atom. The Labute approximate surface area is 123 Å². The first kappa shape index (κ1) is 12.8. The molecule has 1 aliphatic carbocycles. The Kier molecular flexibility index (Phi) is 2.62. The molecule has 1 fully saturated rings. The van der Waals surface area contributed by atoms with Gasteiger partial charge in [0.25, 0.3) is 0 Å². The minimum atomic E-state index is -0.555. The van der Waals surface area contributed by atoms with Crippen LogP contribution in [0, 0.1) is 0 Å². The Bertz CT molecular complexity index is 744. The predicted octanol–water partition coefficient (Wildman–Crippen LogP) is 3.22. The summed E-state index contributed by atoms with van der Waals surface area (Å²) in [6.45, 7) is 7.82. The zero-order valence-electron chi connectivity index (χ0n) is 12.2. The number of hydrogen-bond donors (Lipinski definition) is 0. The van der Waals surface area contributed by atoms with Gasteiger partial charge in [-0.15, -0.1) is 0 Å². The van der Waals surface area contributed by atoms with E-state index in [4.69, 9.17) is 9.47 Å². The second kappa shape index (κ2) is 4.29. The number of rotatable bonds is 2. The first-order valence-corrected chi connectivity index (χ1v) is 7.19. The van der Waals surface area contributed by atoms with Gasteiger partial charge in [0, 0.05) is 24.0 Å². The van der Waals surface area contributed by atoms with E-state index in [1.54, 1.807) is 0 Å². The quantitative estimate of drug-likeness (QED) is 0.848. The summed E-state index contributed by atoms with van der Waals surface area (Å²) in [5.74, 6) is -0.555. The van der Waals surface area contributed by atoms with Crippen LogP contribution >= 0.6 is 0 Å². The lowest BCUT2D eigenvalue weighted by Crippen LogP contribution is -2.27. The number of hydrogen-bond acceptors (Lipinski definition) is 3. The monoisotopic (exact) mass is 282 g/mol. The summed E-state index contributed by atoms with van der Waals surface area (Å²) in [6, 6.07) is 4.23. The molecule has 0 bridgehead atoms. The van der Waals surface area contributed by atoms with Gasteiger partial charge in [-0.25, -0.2) is 0 Å². The summed E-state index contributed by atoms with van der Waals surface area (Å²) in [7, 11) is 0. The first-order valence-electron chi connectivity index (χ1n) is 7.19. The standard InChI is InChI=1S/C17H18N2O2/c1-4-11-9-14(16-15(11)20-17(2,3)21-16)19-8-6-12-10-18-7-5-13(12)19/h4-10,14-16H,1H2,2-3H3/t14-,15-,16+/m1/s1. The van der Waals surface area contributed by atoms with Gasteiger partial charge in [0.05, 0.1) is 11.6 Å². The Morgan fingerprint density at radius 2 is 2.19 bits per heavy atom. The van der Waals surface area contributed by atoms with Gasteiger partial charge in [-0.3, -0.25) is 4.98 Å². The minimum absolute atomic E-state index is 0.0169. The van der Waals surface area contributed by atoms with Crippen molar-refractivity contribution in [3.8, 4) is 0 Å². The van der Waals surface area contributed by atoms with E-state index in [0.717, 1.165) is 16.5 Å². The van der Waals surface area contributed by atoms with Crippen molar-refractivity contribution >= 4 is 10.9 Å². The molecule has 4 rings (SSSR count). The largest absolute Gasteiger partial charge is 0.342 e. The van der Waals surface area contributed by atoms with E-state index < -0.39 is 5.79 Å². The molecule has 0 aromatic carbocycles. The van der Waals surface area contributed by atoms with Gasteiger partial charge in [0.2, 0.25) is 0 Å². The first-order chi connectivity index (χ1) is 10.1. The number of pyridine rings is 1. The van der Waals surface area contributed by atoms with Gasteiger partial charge in [0.1, 0.15) is 12.2 Å². The lowest BCUT2D eigenvalue weighted by Gasteiger charge is -2.22. The van der Waals surface area contributed by atoms with E-state index in [9.17, 15) is 0 Å². The predicted molar refractivity (Wildman–Crippen MR) is 80.9 cm³/mol. The molecule has 0 saturated carbocycles. The molecule has 0 spiro atoms. The maximum absolute atomic E-state index is 6.13. The van der Waals surface area contributed by atoms with E-state index in [1.165, 1.54) is 0 Å². The molecule has 1 saturated heterocycles. The number of fused-ring (bicyclic) bond motifs is 2. The number of aromatic nitrogens is 2. The number of ether oxygens (including phenoxy) is 2. The van der Waals surface area contributed by atoms with E-state index in [-0.39, 0.29) is 18.2 Å². The summed E-state index contributed by atoms with van der Waals surface area (Å²) in [5, 5.41) is 1.13. The van der Waals surface area contributed by atoms with Crippen molar-refractivity contribution in [3.63, 3.8) is 0 Å². The van der Waals surface area contributed by atoms with Crippen molar-refractivity contribution in [2.24, 2.45) is 0 Å². The molecule has 3 heterocycles. The van der Waals surface area contributed by atoms with Crippen molar-refractivity contribution in [1.82, 2.24) is 9.55 Å². The highest BCUT2D eigenvalue weighted by Crippen LogP contribution is 2.44. The van der Waals surface area contributed by atoms with Crippen LogP contribution in [0.3, 0.4) is 0 Å². The lowest BCUT2D eigenvalue weighted by atomic mass is 10.1. The molecule has 21 heavy (non-hydrogen) atoms. The lowest BCUT2D eigenvalue weighted by molar-refractivity contribution is -0.147. The Balaban J connectivity index is 1.81. The molecule has 2 aromatic rings. The van der Waals surface area contributed by atoms with Gasteiger partial charge in [-0.05, 0) is 31.6 Å². The third-order valence-corrected chi connectivity index (χ3v) is 4.24.